The molecular weight excluding hydrogens is 699 g/mol. The summed E-state index contributed by atoms with van der Waals surface area (Å²) in [6, 6.07) is 49.6. The van der Waals surface area contributed by atoms with Crippen molar-refractivity contribution in [1.29, 1.82) is 0 Å². The van der Waals surface area contributed by atoms with E-state index in [-0.39, 0.29) is 6.71 Å². The highest BCUT2D eigenvalue weighted by Crippen LogP contribution is 2.45. The summed E-state index contributed by atoms with van der Waals surface area (Å²) >= 11 is 0. The van der Waals surface area contributed by atoms with Crippen LogP contribution in [-0.2, 0) is 0 Å². The Balaban J connectivity index is 1.24. The third-order valence-corrected chi connectivity index (χ3v) is 12.3. The predicted octanol–water partition coefficient (Wildman–Crippen LogP) is 8.16. The first-order valence-corrected chi connectivity index (χ1v) is 19.3. The summed E-state index contributed by atoms with van der Waals surface area (Å²) < 4.78 is 9.71. The molecule has 2 aliphatic heterocycles. The third-order valence-electron chi connectivity index (χ3n) is 12.3. The maximum Gasteiger partial charge on any atom is 0.252 e. The molecule has 0 unspecified atom stereocenters. The average Bonchev–Trinajstić information content (AvgIpc) is 4.00. The first-order valence-electron chi connectivity index (χ1n) is 19.3. The van der Waals surface area contributed by atoms with E-state index in [0.717, 1.165) is 94.7 Å². The zero-order chi connectivity index (χ0) is 36.9. The van der Waals surface area contributed by atoms with Crippen molar-refractivity contribution in [3.63, 3.8) is 0 Å². The molecular formula is C48H27BN8. The molecule has 14 rings (SSSR count). The zero-order valence-electron chi connectivity index (χ0n) is 30.2. The van der Waals surface area contributed by atoms with Gasteiger partial charge in [0.2, 0.25) is 0 Å². The van der Waals surface area contributed by atoms with E-state index < -0.39 is 0 Å². The molecule has 0 bridgehead atoms. The molecule has 12 aromatic rings. The van der Waals surface area contributed by atoms with Crippen LogP contribution in [0, 0.1) is 0 Å². The van der Waals surface area contributed by atoms with Crippen LogP contribution in [-0.4, -0.2) is 44.9 Å². The van der Waals surface area contributed by atoms with Crippen LogP contribution in [0.5, 0.6) is 0 Å². The number of benzene rings is 4. The van der Waals surface area contributed by atoms with Gasteiger partial charge >= 0.3 is 0 Å². The molecule has 0 saturated heterocycles. The van der Waals surface area contributed by atoms with Crippen molar-refractivity contribution < 1.29 is 0 Å². The number of hydrogen-bond acceptors (Lipinski definition) is 4. The molecule has 8 aromatic heterocycles. The van der Waals surface area contributed by atoms with Crippen LogP contribution in [0.4, 0.5) is 0 Å². The minimum absolute atomic E-state index is 0.0622. The largest absolute Gasteiger partial charge is 0.295 e. The van der Waals surface area contributed by atoms with Gasteiger partial charge in [0.1, 0.15) is 16.9 Å². The number of para-hydroxylation sites is 3. The quantitative estimate of drug-likeness (QED) is 0.172. The van der Waals surface area contributed by atoms with E-state index in [9.17, 15) is 0 Å². The van der Waals surface area contributed by atoms with E-state index in [1.807, 2.05) is 36.9 Å². The highest BCUT2D eigenvalue weighted by molar-refractivity contribution is 7.00. The van der Waals surface area contributed by atoms with Gasteiger partial charge in [-0.25, -0.2) is 4.98 Å². The molecule has 0 amide bonds. The van der Waals surface area contributed by atoms with Crippen LogP contribution in [0.1, 0.15) is 0 Å². The average molecular weight is 727 g/mol. The van der Waals surface area contributed by atoms with Crippen molar-refractivity contribution in [2.75, 3.05) is 0 Å². The summed E-state index contributed by atoms with van der Waals surface area (Å²) in [5.41, 5.74) is 18.5. The summed E-state index contributed by atoms with van der Waals surface area (Å²) in [5.74, 6) is 0. The van der Waals surface area contributed by atoms with Crippen molar-refractivity contribution in [3.05, 3.63) is 164 Å². The van der Waals surface area contributed by atoms with Gasteiger partial charge in [-0.2, -0.15) is 0 Å². The molecule has 57 heavy (non-hydrogen) atoms. The summed E-state index contributed by atoms with van der Waals surface area (Å²) in [5, 5.41) is 4.51. The van der Waals surface area contributed by atoms with Crippen molar-refractivity contribution in [3.8, 4) is 34.0 Å². The number of hydrogen-bond donors (Lipinski definition) is 0. The molecule has 0 atom stereocenters. The van der Waals surface area contributed by atoms with Gasteiger partial charge < -0.3 is 0 Å². The maximum atomic E-state index is 5.22. The molecule has 9 heteroatoms. The van der Waals surface area contributed by atoms with Crippen LogP contribution in [0.3, 0.4) is 0 Å². The highest BCUT2D eigenvalue weighted by Gasteiger charge is 2.43. The molecule has 4 aromatic carbocycles. The molecule has 262 valence electrons. The van der Waals surface area contributed by atoms with E-state index in [2.05, 4.69) is 146 Å². The standard InChI is InChI=1S/C48H27BN8/c1-3-12-29(13-4-1)54-36-19-8-7-16-31(36)39-42-44-33(20-24-51-42)49-34-21-25-52-43-40-32-17-11-23-53-46(32)55(30-14-5-2-6-15-30)48(40)57(45(34)43)38-27-28(35-18-9-10-22-50-35)26-37(41(38)49)56(44)47(39)54/h1-27H. The van der Waals surface area contributed by atoms with Gasteiger partial charge in [0.25, 0.3) is 6.71 Å². The second-order valence-electron chi connectivity index (χ2n) is 15.1. The monoisotopic (exact) mass is 726 g/mol. The molecule has 0 fully saturated rings. The van der Waals surface area contributed by atoms with Crippen LogP contribution >= 0.6 is 0 Å². The van der Waals surface area contributed by atoms with Crippen molar-refractivity contribution in [2.24, 2.45) is 0 Å². The Bertz CT molecular complexity index is 3470. The fourth-order valence-corrected chi connectivity index (χ4v) is 10.2. The molecule has 0 N–H and O–H groups in total. The fourth-order valence-electron chi connectivity index (χ4n) is 10.2. The molecule has 10 heterocycles. The Hall–Kier alpha value is -7.78. The first-order chi connectivity index (χ1) is 28.3. The Labute approximate surface area is 324 Å². The second kappa shape index (κ2) is 10.5. The molecule has 0 aliphatic carbocycles. The number of aromatic nitrogens is 8. The van der Waals surface area contributed by atoms with Crippen molar-refractivity contribution >= 4 is 89.2 Å². The Morgan fingerprint density at radius 3 is 1.70 bits per heavy atom. The lowest BCUT2D eigenvalue weighted by Crippen LogP contribution is -2.59. The van der Waals surface area contributed by atoms with Gasteiger partial charge in [0.15, 0.2) is 0 Å². The van der Waals surface area contributed by atoms with Gasteiger partial charge in [0, 0.05) is 63.9 Å². The van der Waals surface area contributed by atoms with Gasteiger partial charge in [0.05, 0.1) is 44.0 Å². The number of rotatable bonds is 3. The van der Waals surface area contributed by atoms with Crippen molar-refractivity contribution in [1.82, 2.24) is 38.2 Å². The van der Waals surface area contributed by atoms with E-state index in [0.29, 0.717) is 0 Å². The summed E-state index contributed by atoms with van der Waals surface area (Å²) in [6.07, 6.45) is 7.77. The summed E-state index contributed by atoms with van der Waals surface area (Å²) in [4.78, 5) is 20.4. The van der Waals surface area contributed by atoms with E-state index in [1.54, 1.807) is 0 Å². The number of pyridine rings is 4. The van der Waals surface area contributed by atoms with Crippen LogP contribution in [0.25, 0.3) is 100 Å². The Morgan fingerprint density at radius 2 is 1.02 bits per heavy atom. The summed E-state index contributed by atoms with van der Waals surface area (Å²) in [7, 11) is 0. The molecule has 0 saturated carbocycles. The summed E-state index contributed by atoms with van der Waals surface area (Å²) in [6.45, 7) is -0.0622. The van der Waals surface area contributed by atoms with Crippen LogP contribution < -0.4 is 16.4 Å². The van der Waals surface area contributed by atoms with E-state index in [4.69, 9.17) is 19.9 Å². The van der Waals surface area contributed by atoms with Gasteiger partial charge in [-0.05, 0) is 95.3 Å². The number of nitrogens with zero attached hydrogens (tertiary/aromatic N) is 8. The van der Waals surface area contributed by atoms with E-state index in [1.165, 1.54) is 21.8 Å². The lowest BCUT2D eigenvalue weighted by Gasteiger charge is -2.34. The minimum Gasteiger partial charge on any atom is -0.295 e. The third kappa shape index (κ3) is 3.56. The normalized spacial score (nSPS) is 12.9. The highest BCUT2D eigenvalue weighted by atomic mass is 15.2. The lowest BCUT2D eigenvalue weighted by atomic mass is 9.34. The lowest BCUT2D eigenvalue weighted by molar-refractivity contribution is 1.04. The van der Waals surface area contributed by atoms with Crippen LogP contribution in [0.15, 0.2) is 164 Å². The predicted molar refractivity (Wildman–Crippen MR) is 230 cm³/mol. The van der Waals surface area contributed by atoms with Gasteiger partial charge in [-0.15, -0.1) is 0 Å². The maximum absolute atomic E-state index is 5.22. The molecule has 8 nitrogen and oxygen atoms in total. The zero-order valence-corrected chi connectivity index (χ0v) is 30.2. The van der Waals surface area contributed by atoms with E-state index >= 15 is 0 Å². The smallest absolute Gasteiger partial charge is 0.252 e. The molecule has 0 radical (unpaired) electrons. The van der Waals surface area contributed by atoms with Gasteiger partial charge in [-0.1, -0.05) is 60.7 Å². The topological polar surface area (TPSA) is 71.3 Å². The second-order valence-corrected chi connectivity index (χ2v) is 15.1. The molecule has 0 spiro atoms. The SMILES string of the molecule is c1ccc(-n2c3ccccc3c3c4nccc5c4n(c32)-c2cc(-c3ccccn3)cc3c2B5c2ccnc4c5c6cccnc6n(-c6ccccc6)c5n-3c24)cc1. The fraction of sp³-hybridized carbons (Fsp3) is 0. The number of fused-ring (bicyclic) bond motifs is 14. The minimum atomic E-state index is -0.0622. The van der Waals surface area contributed by atoms with Crippen LogP contribution in [0.2, 0.25) is 0 Å². The molecule has 2 aliphatic rings. The first kappa shape index (κ1) is 29.6. The van der Waals surface area contributed by atoms with Crippen molar-refractivity contribution in [2.45, 2.75) is 0 Å². The van der Waals surface area contributed by atoms with Gasteiger partial charge in [-0.3, -0.25) is 33.2 Å². The Morgan fingerprint density at radius 1 is 0.439 bits per heavy atom. The Kier molecular flexibility index (Phi) is 5.44.